The highest BCUT2D eigenvalue weighted by Gasteiger charge is 2.11. The fraction of sp³-hybridized carbons (Fsp3) is 0.0556. The van der Waals surface area contributed by atoms with E-state index in [-0.39, 0.29) is 11.3 Å². The minimum atomic E-state index is -0.842. The molecule has 0 aliphatic carbocycles. The van der Waals surface area contributed by atoms with Gasteiger partial charge in [0, 0.05) is 24.7 Å². The Labute approximate surface area is 142 Å². The van der Waals surface area contributed by atoms with Crippen LogP contribution >= 0.6 is 0 Å². The number of rotatable bonds is 5. The van der Waals surface area contributed by atoms with Crippen LogP contribution in [0.15, 0.2) is 61.1 Å². The van der Waals surface area contributed by atoms with Gasteiger partial charge in [0.25, 0.3) is 5.91 Å². The maximum Gasteiger partial charge on any atom is 0.257 e. The number of carbonyl (C=O) groups is 1. The summed E-state index contributed by atoms with van der Waals surface area (Å²) in [7, 11) is 0. The van der Waals surface area contributed by atoms with E-state index in [1.165, 1.54) is 12.3 Å². The van der Waals surface area contributed by atoms with Crippen LogP contribution in [0.1, 0.15) is 16.1 Å². The maximum atomic E-state index is 13.6. The van der Waals surface area contributed by atoms with Crippen molar-refractivity contribution in [3.63, 3.8) is 0 Å². The molecule has 126 valence electrons. The number of carbonyl (C=O) groups excluding carboxylic acids is 1. The van der Waals surface area contributed by atoms with Gasteiger partial charge in [0.15, 0.2) is 0 Å². The smallest absolute Gasteiger partial charge is 0.257 e. The molecule has 0 saturated heterocycles. The molecular formula is C18H14F2N4O. The molecule has 0 aliphatic heterocycles. The van der Waals surface area contributed by atoms with Crippen LogP contribution in [0, 0.1) is 11.6 Å². The van der Waals surface area contributed by atoms with Crippen molar-refractivity contribution in [2.45, 2.75) is 6.54 Å². The van der Waals surface area contributed by atoms with E-state index in [1.807, 2.05) is 18.2 Å². The van der Waals surface area contributed by atoms with Gasteiger partial charge in [0.05, 0.1) is 29.2 Å². The first-order chi connectivity index (χ1) is 12.1. The molecule has 0 fully saturated rings. The van der Waals surface area contributed by atoms with Crippen molar-refractivity contribution < 1.29 is 13.6 Å². The van der Waals surface area contributed by atoms with Gasteiger partial charge in [0.2, 0.25) is 0 Å². The lowest BCUT2D eigenvalue weighted by Crippen LogP contribution is -2.14. The molecule has 2 heterocycles. The summed E-state index contributed by atoms with van der Waals surface area (Å²) in [6.45, 7) is 0.472. The summed E-state index contributed by atoms with van der Waals surface area (Å²) in [6.07, 6.45) is 4.62. The van der Waals surface area contributed by atoms with Gasteiger partial charge < -0.3 is 10.6 Å². The van der Waals surface area contributed by atoms with Crippen molar-refractivity contribution >= 4 is 17.3 Å². The van der Waals surface area contributed by atoms with E-state index >= 15 is 0 Å². The SMILES string of the molecule is O=C(Nc1ccc(F)cc1F)c1cncc(NCc2ccccn2)c1. The summed E-state index contributed by atoms with van der Waals surface area (Å²) in [5.74, 6) is -2.09. The highest BCUT2D eigenvalue weighted by Crippen LogP contribution is 2.17. The summed E-state index contributed by atoms with van der Waals surface area (Å²) in [5.41, 5.74) is 1.61. The third-order valence-electron chi connectivity index (χ3n) is 3.38. The number of benzene rings is 1. The average Bonchev–Trinajstić information content (AvgIpc) is 2.63. The molecule has 2 N–H and O–H groups in total. The Balaban J connectivity index is 1.69. The van der Waals surface area contributed by atoms with E-state index in [2.05, 4.69) is 20.6 Å². The highest BCUT2D eigenvalue weighted by molar-refractivity contribution is 6.04. The zero-order chi connectivity index (χ0) is 17.6. The maximum absolute atomic E-state index is 13.6. The average molecular weight is 340 g/mol. The second kappa shape index (κ2) is 7.48. The summed E-state index contributed by atoms with van der Waals surface area (Å²) in [5, 5.41) is 5.50. The molecule has 0 spiro atoms. The Morgan fingerprint density at radius 1 is 1.08 bits per heavy atom. The van der Waals surface area contributed by atoms with Crippen molar-refractivity contribution in [1.82, 2.24) is 9.97 Å². The van der Waals surface area contributed by atoms with Gasteiger partial charge in [-0.1, -0.05) is 6.07 Å². The summed E-state index contributed by atoms with van der Waals surface area (Å²) >= 11 is 0. The van der Waals surface area contributed by atoms with Crippen LogP contribution in [-0.4, -0.2) is 15.9 Å². The van der Waals surface area contributed by atoms with Crippen molar-refractivity contribution in [3.8, 4) is 0 Å². The van der Waals surface area contributed by atoms with Crippen LogP contribution < -0.4 is 10.6 Å². The Morgan fingerprint density at radius 3 is 2.72 bits per heavy atom. The number of nitrogens with zero attached hydrogens (tertiary/aromatic N) is 2. The number of aromatic nitrogens is 2. The minimum absolute atomic E-state index is 0.0988. The van der Waals surface area contributed by atoms with Gasteiger partial charge in [-0.3, -0.25) is 14.8 Å². The predicted octanol–water partition coefficient (Wildman–Crippen LogP) is 3.62. The molecule has 0 aliphatic rings. The van der Waals surface area contributed by atoms with Gasteiger partial charge in [-0.25, -0.2) is 8.78 Å². The van der Waals surface area contributed by atoms with Crippen molar-refractivity contribution in [2.75, 3.05) is 10.6 Å². The van der Waals surface area contributed by atoms with Crippen LogP contribution in [0.5, 0.6) is 0 Å². The van der Waals surface area contributed by atoms with Crippen molar-refractivity contribution in [2.24, 2.45) is 0 Å². The van der Waals surface area contributed by atoms with Crippen LogP contribution in [0.2, 0.25) is 0 Å². The Hall–Kier alpha value is -3.35. The third kappa shape index (κ3) is 4.35. The number of hydrogen-bond donors (Lipinski definition) is 2. The Bertz CT molecular complexity index is 887. The molecule has 25 heavy (non-hydrogen) atoms. The zero-order valence-corrected chi connectivity index (χ0v) is 13.0. The van der Waals surface area contributed by atoms with Crippen LogP contribution in [0.25, 0.3) is 0 Å². The van der Waals surface area contributed by atoms with Crippen molar-refractivity contribution in [1.29, 1.82) is 0 Å². The summed E-state index contributed by atoms with van der Waals surface area (Å²) in [4.78, 5) is 20.4. The van der Waals surface area contributed by atoms with Crippen LogP contribution in [-0.2, 0) is 6.54 Å². The van der Waals surface area contributed by atoms with Gasteiger partial charge in [-0.05, 0) is 30.3 Å². The number of amides is 1. The fourth-order valence-electron chi connectivity index (χ4n) is 2.14. The first-order valence-electron chi connectivity index (χ1n) is 7.47. The van der Waals surface area contributed by atoms with E-state index in [4.69, 9.17) is 0 Å². The predicted molar refractivity (Wildman–Crippen MR) is 90.1 cm³/mol. The number of nitrogens with one attached hydrogen (secondary N) is 2. The van der Waals surface area contributed by atoms with Gasteiger partial charge in [-0.15, -0.1) is 0 Å². The third-order valence-corrected chi connectivity index (χ3v) is 3.38. The molecule has 0 bridgehead atoms. The monoisotopic (exact) mass is 340 g/mol. The lowest BCUT2D eigenvalue weighted by Gasteiger charge is -2.09. The fourth-order valence-corrected chi connectivity index (χ4v) is 2.14. The second-order valence-electron chi connectivity index (χ2n) is 5.22. The molecule has 3 aromatic rings. The topological polar surface area (TPSA) is 66.9 Å². The molecule has 0 atom stereocenters. The standard InChI is InChI=1S/C18H14F2N4O/c19-13-4-5-17(16(20)8-13)24-18(25)12-7-15(10-21-9-12)23-11-14-3-1-2-6-22-14/h1-10,23H,11H2,(H,24,25). The molecular weight excluding hydrogens is 326 g/mol. The van der Waals surface area contributed by atoms with Gasteiger partial charge >= 0.3 is 0 Å². The largest absolute Gasteiger partial charge is 0.378 e. The van der Waals surface area contributed by atoms with Crippen LogP contribution in [0.3, 0.4) is 0 Å². The number of anilines is 2. The lowest BCUT2D eigenvalue weighted by atomic mass is 10.2. The minimum Gasteiger partial charge on any atom is -0.378 e. The molecule has 0 radical (unpaired) electrons. The van der Waals surface area contributed by atoms with E-state index in [9.17, 15) is 13.6 Å². The number of hydrogen-bond acceptors (Lipinski definition) is 4. The molecule has 1 aromatic carbocycles. The summed E-state index contributed by atoms with van der Waals surface area (Å²) < 4.78 is 26.5. The lowest BCUT2D eigenvalue weighted by molar-refractivity contribution is 0.102. The van der Waals surface area contributed by atoms with E-state index in [0.29, 0.717) is 18.3 Å². The van der Waals surface area contributed by atoms with Crippen LogP contribution in [0.4, 0.5) is 20.2 Å². The Morgan fingerprint density at radius 2 is 1.96 bits per heavy atom. The van der Waals surface area contributed by atoms with Gasteiger partial charge in [0.1, 0.15) is 11.6 Å². The molecule has 3 rings (SSSR count). The highest BCUT2D eigenvalue weighted by atomic mass is 19.1. The molecule has 0 unspecified atom stereocenters. The molecule has 2 aromatic heterocycles. The van der Waals surface area contributed by atoms with E-state index in [0.717, 1.165) is 11.8 Å². The first-order valence-corrected chi connectivity index (χ1v) is 7.47. The Kier molecular flexibility index (Phi) is 4.94. The molecule has 5 nitrogen and oxygen atoms in total. The molecule has 1 amide bonds. The second-order valence-corrected chi connectivity index (χ2v) is 5.22. The number of pyridine rings is 2. The summed E-state index contributed by atoms with van der Waals surface area (Å²) in [6, 6.07) is 10.1. The van der Waals surface area contributed by atoms with E-state index < -0.39 is 17.5 Å². The number of halogens is 2. The normalized spacial score (nSPS) is 10.3. The molecule has 7 heteroatoms. The first kappa shape index (κ1) is 16.5. The zero-order valence-electron chi connectivity index (χ0n) is 13.0. The quantitative estimate of drug-likeness (QED) is 0.744. The van der Waals surface area contributed by atoms with Gasteiger partial charge in [-0.2, -0.15) is 0 Å². The molecule has 0 saturated carbocycles. The van der Waals surface area contributed by atoms with E-state index in [1.54, 1.807) is 18.5 Å². The van der Waals surface area contributed by atoms with Crippen molar-refractivity contribution in [3.05, 3.63) is 83.9 Å².